The lowest BCUT2D eigenvalue weighted by atomic mass is 10.1. The summed E-state index contributed by atoms with van der Waals surface area (Å²) >= 11 is 5.23. The molecule has 0 N–H and O–H groups in total. The van der Waals surface area contributed by atoms with E-state index in [1.807, 2.05) is 41.3 Å². The molecule has 2 aromatic rings. The van der Waals surface area contributed by atoms with Gasteiger partial charge in [-0.2, -0.15) is 0 Å². The number of methoxy groups -OCH3 is 1. The van der Waals surface area contributed by atoms with Crippen molar-refractivity contribution >= 4 is 45.2 Å². The fourth-order valence-electron chi connectivity index (χ4n) is 3.73. The zero-order valence-corrected chi connectivity index (χ0v) is 17.9. The highest BCUT2D eigenvalue weighted by molar-refractivity contribution is 9.10. The Kier molecular flexibility index (Phi) is 5.64. The molecule has 4 rings (SSSR count). The number of carbonyl (C=O) groups excluding carboxylic acids is 2. The van der Waals surface area contributed by atoms with Gasteiger partial charge in [0.15, 0.2) is 0 Å². The minimum absolute atomic E-state index is 0.0151. The van der Waals surface area contributed by atoms with Gasteiger partial charge in [0.25, 0.3) is 0 Å². The van der Waals surface area contributed by atoms with E-state index in [1.165, 1.54) is 0 Å². The summed E-state index contributed by atoms with van der Waals surface area (Å²) < 4.78 is 6.28. The van der Waals surface area contributed by atoms with Gasteiger partial charge in [0.2, 0.25) is 11.8 Å². The predicted octanol–water partition coefficient (Wildman–Crippen LogP) is 4.08. The van der Waals surface area contributed by atoms with Crippen molar-refractivity contribution in [1.29, 1.82) is 0 Å². The quantitative estimate of drug-likeness (QED) is 0.689. The van der Waals surface area contributed by atoms with Crippen LogP contribution in [0.3, 0.4) is 0 Å². The fourth-order valence-corrected chi connectivity index (χ4v) is 5.26. The molecular weight excluding hydrogens is 440 g/mol. The van der Waals surface area contributed by atoms with Crippen molar-refractivity contribution in [2.45, 2.75) is 11.8 Å². The third-order valence-corrected chi connectivity index (χ3v) is 6.96. The van der Waals surface area contributed by atoms with Crippen molar-refractivity contribution in [2.75, 3.05) is 30.9 Å². The van der Waals surface area contributed by atoms with Gasteiger partial charge in [-0.15, -0.1) is 11.8 Å². The smallest absolute Gasteiger partial charge is 0.229 e. The van der Waals surface area contributed by atoms with Gasteiger partial charge >= 0.3 is 0 Å². The van der Waals surface area contributed by atoms with Gasteiger partial charge in [0.05, 0.1) is 13.0 Å². The van der Waals surface area contributed by atoms with E-state index in [1.54, 1.807) is 23.8 Å². The van der Waals surface area contributed by atoms with Crippen LogP contribution in [0.2, 0.25) is 0 Å². The van der Waals surface area contributed by atoms with Crippen molar-refractivity contribution in [1.82, 2.24) is 4.90 Å². The Balaban J connectivity index is 1.50. The molecule has 0 bridgehead atoms. The van der Waals surface area contributed by atoms with E-state index < -0.39 is 0 Å². The first-order chi connectivity index (χ1) is 13.6. The van der Waals surface area contributed by atoms with E-state index in [9.17, 15) is 9.59 Å². The van der Waals surface area contributed by atoms with Gasteiger partial charge in [-0.1, -0.05) is 34.1 Å². The number of amides is 2. The van der Waals surface area contributed by atoms with Crippen molar-refractivity contribution in [3.05, 3.63) is 58.6 Å². The summed E-state index contributed by atoms with van der Waals surface area (Å²) in [5, 5.41) is 0.0153. The Morgan fingerprint density at radius 3 is 2.75 bits per heavy atom. The van der Waals surface area contributed by atoms with E-state index in [0.717, 1.165) is 21.5 Å². The molecule has 2 atom stereocenters. The lowest BCUT2D eigenvalue weighted by Gasteiger charge is -2.27. The number of rotatable bonds is 4. The van der Waals surface area contributed by atoms with Crippen LogP contribution < -0.4 is 9.64 Å². The number of hydrogen-bond acceptors (Lipinski definition) is 4. The molecule has 0 aliphatic carbocycles. The number of anilines is 1. The Morgan fingerprint density at radius 2 is 2.00 bits per heavy atom. The second kappa shape index (κ2) is 8.17. The SMILES string of the molecule is COc1cccc(N2CC(C(=O)N3CCSC3c3ccc(Br)cc3)CC2=O)c1. The summed E-state index contributed by atoms with van der Waals surface area (Å²) in [6.45, 7) is 1.13. The van der Waals surface area contributed by atoms with Gasteiger partial charge in [0.1, 0.15) is 11.1 Å². The number of carbonyl (C=O) groups is 2. The zero-order chi connectivity index (χ0) is 19.7. The molecule has 2 aliphatic rings. The van der Waals surface area contributed by atoms with Crippen molar-refractivity contribution in [3.63, 3.8) is 0 Å². The summed E-state index contributed by atoms with van der Waals surface area (Å²) in [7, 11) is 1.60. The first kappa shape index (κ1) is 19.3. The molecule has 0 spiro atoms. The Bertz CT molecular complexity index is 889. The molecule has 7 heteroatoms. The summed E-state index contributed by atoms with van der Waals surface area (Å²) in [5.74, 6) is 1.35. The molecular formula is C21H21BrN2O3S. The summed E-state index contributed by atoms with van der Waals surface area (Å²) in [5.41, 5.74) is 1.90. The van der Waals surface area contributed by atoms with Gasteiger partial charge < -0.3 is 14.5 Å². The van der Waals surface area contributed by atoms with Crippen molar-refractivity contribution in [3.8, 4) is 5.75 Å². The molecule has 2 fully saturated rings. The van der Waals surface area contributed by atoms with E-state index in [2.05, 4.69) is 28.1 Å². The molecule has 2 aliphatic heterocycles. The van der Waals surface area contributed by atoms with Gasteiger partial charge in [-0.3, -0.25) is 9.59 Å². The predicted molar refractivity (Wildman–Crippen MR) is 115 cm³/mol. The van der Waals surface area contributed by atoms with Crippen molar-refractivity contribution < 1.29 is 14.3 Å². The molecule has 5 nitrogen and oxygen atoms in total. The largest absolute Gasteiger partial charge is 0.497 e. The van der Waals surface area contributed by atoms with E-state index in [-0.39, 0.29) is 29.5 Å². The van der Waals surface area contributed by atoms with Crippen LogP contribution in [-0.2, 0) is 9.59 Å². The molecule has 0 saturated carbocycles. The topological polar surface area (TPSA) is 49.9 Å². The molecule has 2 amide bonds. The molecule has 2 aromatic carbocycles. The van der Waals surface area contributed by atoms with Gasteiger partial charge in [-0.05, 0) is 29.8 Å². The van der Waals surface area contributed by atoms with Crippen LogP contribution in [0.4, 0.5) is 5.69 Å². The van der Waals surface area contributed by atoms with Crippen LogP contribution in [-0.4, -0.2) is 42.7 Å². The molecule has 0 radical (unpaired) electrons. The fraction of sp³-hybridized carbons (Fsp3) is 0.333. The molecule has 0 aromatic heterocycles. The number of ether oxygens (including phenoxy) is 1. The highest BCUT2D eigenvalue weighted by atomic mass is 79.9. The van der Waals surface area contributed by atoms with Gasteiger partial charge in [0, 0.05) is 41.5 Å². The third-order valence-electron chi connectivity index (χ3n) is 5.17. The monoisotopic (exact) mass is 460 g/mol. The Labute approximate surface area is 177 Å². The number of halogens is 1. The van der Waals surface area contributed by atoms with Crippen LogP contribution in [0.15, 0.2) is 53.0 Å². The normalized spacial score (nSPS) is 22.0. The number of thioether (sulfide) groups is 1. The minimum atomic E-state index is -0.310. The first-order valence-corrected chi connectivity index (χ1v) is 11.0. The lowest BCUT2D eigenvalue weighted by Crippen LogP contribution is -2.37. The van der Waals surface area contributed by atoms with Crippen molar-refractivity contribution in [2.24, 2.45) is 5.92 Å². The van der Waals surface area contributed by atoms with E-state index >= 15 is 0 Å². The van der Waals surface area contributed by atoms with E-state index in [0.29, 0.717) is 18.8 Å². The molecule has 146 valence electrons. The second-order valence-electron chi connectivity index (χ2n) is 6.91. The van der Waals surface area contributed by atoms with Gasteiger partial charge in [-0.25, -0.2) is 0 Å². The van der Waals surface area contributed by atoms with Crippen LogP contribution >= 0.6 is 27.7 Å². The maximum atomic E-state index is 13.2. The zero-order valence-electron chi connectivity index (χ0n) is 15.5. The third kappa shape index (κ3) is 3.78. The molecule has 28 heavy (non-hydrogen) atoms. The Hall–Kier alpha value is -1.99. The van der Waals surface area contributed by atoms with Crippen LogP contribution in [0.25, 0.3) is 0 Å². The lowest BCUT2D eigenvalue weighted by molar-refractivity contribution is -0.136. The molecule has 2 heterocycles. The van der Waals surface area contributed by atoms with Crippen LogP contribution in [0.5, 0.6) is 5.75 Å². The highest BCUT2D eigenvalue weighted by Crippen LogP contribution is 2.40. The molecule has 2 saturated heterocycles. The minimum Gasteiger partial charge on any atom is -0.497 e. The average Bonchev–Trinajstić information content (AvgIpc) is 3.35. The summed E-state index contributed by atoms with van der Waals surface area (Å²) in [4.78, 5) is 29.5. The van der Waals surface area contributed by atoms with Crippen LogP contribution in [0, 0.1) is 5.92 Å². The molecule has 2 unspecified atom stereocenters. The number of hydrogen-bond donors (Lipinski definition) is 0. The van der Waals surface area contributed by atoms with E-state index in [4.69, 9.17) is 4.74 Å². The average molecular weight is 461 g/mol. The Morgan fingerprint density at radius 1 is 1.21 bits per heavy atom. The highest BCUT2D eigenvalue weighted by Gasteiger charge is 2.40. The summed E-state index contributed by atoms with van der Waals surface area (Å²) in [6, 6.07) is 15.5. The maximum Gasteiger partial charge on any atom is 0.229 e. The maximum absolute atomic E-state index is 13.2. The second-order valence-corrected chi connectivity index (χ2v) is 9.02. The first-order valence-electron chi connectivity index (χ1n) is 9.19. The van der Waals surface area contributed by atoms with Crippen LogP contribution in [0.1, 0.15) is 17.4 Å². The number of benzene rings is 2. The summed E-state index contributed by atoms with van der Waals surface area (Å²) in [6.07, 6.45) is 0.254. The number of nitrogens with zero attached hydrogens (tertiary/aromatic N) is 2. The standard InChI is InChI=1S/C21H21BrN2O3S/c1-27-18-4-2-3-17(12-18)24-13-15(11-19(24)25)20(26)23-9-10-28-21(23)14-5-7-16(22)8-6-14/h2-8,12,15,21H,9-11,13H2,1H3.